The molecule has 0 atom stereocenters. The summed E-state index contributed by atoms with van der Waals surface area (Å²) in [6, 6.07) is 12.2. The summed E-state index contributed by atoms with van der Waals surface area (Å²) in [7, 11) is 0. The van der Waals surface area contributed by atoms with Crippen LogP contribution < -0.4 is 10.6 Å². The molecular weight excluding hydrogens is 279 g/mol. The molecule has 1 amide bonds. The summed E-state index contributed by atoms with van der Waals surface area (Å²) >= 11 is 0. The lowest BCUT2D eigenvalue weighted by Crippen LogP contribution is -2.21. The van der Waals surface area contributed by atoms with Crippen LogP contribution in [0.1, 0.15) is 23.1 Å². The van der Waals surface area contributed by atoms with Crippen molar-refractivity contribution in [3.8, 4) is 0 Å². The van der Waals surface area contributed by atoms with Crippen molar-refractivity contribution in [3.63, 3.8) is 0 Å². The van der Waals surface area contributed by atoms with E-state index in [0.29, 0.717) is 19.5 Å². The number of benzene rings is 2. The van der Waals surface area contributed by atoms with Crippen molar-refractivity contribution in [1.82, 2.24) is 5.32 Å². The van der Waals surface area contributed by atoms with Crippen LogP contribution in [0.5, 0.6) is 0 Å². The zero-order valence-corrected chi connectivity index (χ0v) is 12.9. The monoisotopic (exact) mass is 300 g/mol. The lowest BCUT2D eigenvalue weighted by molar-refractivity contribution is -0.116. The van der Waals surface area contributed by atoms with E-state index in [1.807, 2.05) is 32.0 Å². The second kappa shape index (κ2) is 7.71. The molecule has 2 rings (SSSR count). The van der Waals surface area contributed by atoms with Gasteiger partial charge in [-0.25, -0.2) is 4.39 Å². The van der Waals surface area contributed by atoms with E-state index in [9.17, 15) is 9.18 Å². The van der Waals surface area contributed by atoms with Crippen LogP contribution >= 0.6 is 0 Å². The highest BCUT2D eigenvalue weighted by molar-refractivity contribution is 5.91. The van der Waals surface area contributed by atoms with Crippen LogP contribution in [0.25, 0.3) is 0 Å². The molecule has 0 heterocycles. The van der Waals surface area contributed by atoms with Gasteiger partial charge in [0.1, 0.15) is 5.82 Å². The first kappa shape index (κ1) is 16.2. The zero-order valence-electron chi connectivity index (χ0n) is 12.9. The molecule has 0 aliphatic rings. The average molecular weight is 300 g/mol. The number of anilines is 1. The minimum atomic E-state index is -0.239. The lowest BCUT2D eigenvalue weighted by atomic mass is 10.1. The van der Waals surface area contributed by atoms with Gasteiger partial charge in [0, 0.05) is 25.2 Å². The number of carbonyl (C=O) groups is 1. The molecule has 0 unspecified atom stereocenters. The molecule has 0 aromatic heterocycles. The predicted molar refractivity (Wildman–Crippen MR) is 87.3 cm³/mol. The van der Waals surface area contributed by atoms with Crippen molar-refractivity contribution in [1.29, 1.82) is 0 Å². The third kappa shape index (κ3) is 4.67. The van der Waals surface area contributed by atoms with Crippen LogP contribution in [0.3, 0.4) is 0 Å². The Bertz CT molecular complexity index is 638. The molecule has 0 aliphatic carbocycles. The van der Waals surface area contributed by atoms with Gasteiger partial charge >= 0.3 is 0 Å². The minimum absolute atomic E-state index is 0.0136. The third-order valence-electron chi connectivity index (χ3n) is 3.65. The molecule has 2 N–H and O–H groups in total. The summed E-state index contributed by atoms with van der Waals surface area (Å²) in [5, 5.41) is 6.11. The van der Waals surface area contributed by atoms with E-state index in [-0.39, 0.29) is 11.7 Å². The highest BCUT2D eigenvalue weighted by Crippen LogP contribution is 2.17. The Morgan fingerprint density at radius 1 is 1.09 bits per heavy atom. The molecule has 0 saturated heterocycles. The van der Waals surface area contributed by atoms with Gasteiger partial charge in [-0.2, -0.15) is 0 Å². The van der Waals surface area contributed by atoms with Crippen LogP contribution in [-0.2, 0) is 11.3 Å². The summed E-state index contributed by atoms with van der Waals surface area (Å²) in [6.07, 6.45) is 0.397. The first-order valence-corrected chi connectivity index (χ1v) is 7.37. The molecule has 0 saturated carbocycles. The molecule has 0 bridgehead atoms. The molecule has 0 spiro atoms. The van der Waals surface area contributed by atoms with Crippen LogP contribution in [0, 0.1) is 19.7 Å². The van der Waals surface area contributed by atoms with Crippen LogP contribution in [0.2, 0.25) is 0 Å². The van der Waals surface area contributed by atoms with Gasteiger partial charge in [0.2, 0.25) is 5.91 Å². The van der Waals surface area contributed by atoms with E-state index in [0.717, 1.165) is 22.4 Å². The van der Waals surface area contributed by atoms with Crippen molar-refractivity contribution >= 4 is 11.6 Å². The maximum atomic E-state index is 12.8. The minimum Gasteiger partial charge on any atom is -0.326 e. The third-order valence-corrected chi connectivity index (χ3v) is 3.65. The van der Waals surface area contributed by atoms with Crippen molar-refractivity contribution < 1.29 is 9.18 Å². The molecule has 3 nitrogen and oxygen atoms in total. The molecule has 22 heavy (non-hydrogen) atoms. The molecule has 0 radical (unpaired) electrons. The Kier molecular flexibility index (Phi) is 5.67. The maximum absolute atomic E-state index is 12.8. The largest absolute Gasteiger partial charge is 0.326 e. The van der Waals surface area contributed by atoms with E-state index in [4.69, 9.17) is 0 Å². The van der Waals surface area contributed by atoms with Gasteiger partial charge in [-0.05, 0) is 48.7 Å². The van der Waals surface area contributed by atoms with E-state index in [1.165, 1.54) is 12.1 Å². The molecular formula is C18H21FN2O. The van der Waals surface area contributed by atoms with Crippen molar-refractivity contribution in [2.45, 2.75) is 26.8 Å². The van der Waals surface area contributed by atoms with Crippen molar-refractivity contribution in [2.75, 3.05) is 11.9 Å². The summed E-state index contributed by atoms with van der Waals surface area (Å²) in [5.41, 5.74) is 4.11. The highest BCUT2D eigenvalue weighted by atomic mass is 19.1. The zero-order chi connectivity index (χ0) is 15.9. The van der Waals surface area contributed by atoms with Crippen LogP contribution in [0.15, 0.2) is 42.5 Å². The number of nitrogens with one attached hydrogen (secondary N) is 2. The molecule has 116 valence electrons. The number of rotatable bonds is 6. The van der Waals surface area contributed by atoms with Gasteiger partial charge in [0.25, 0.3) is 0 Å². The van der Waals surface area contributed by atoms with Crippen molar-refractivity contribution in [2.24, 2.45) is 0 Å². The fourth-order valence-electron chi connectivity index (χ4n) is 2.14. The highest BCUT2D eigenvalue weighted by Gasteiger charge is 2.05. The number of amides is 1. The number of aryl methyl sites for hydroxylation is 1. The fraction of sp³-hybridized carbons (Fsp3) is 0.278. The fourth-order valence-corrected chi connectivity index (χ4v) is 2.14. The number of hydrogen-bond donors (Lipinski definition) is 2. The molecule has 0 fully saturated rings. The second-order valence-electron chi connectivity index (χ2n) is 5.35. The quantitative estimate of drug-likeness (QED) is 0.801. The first-order chi connectivity index (χ1) is 10.6. The molecule has 4 heteroatoms. The first-order valence-electron chi connectivity index (χ1n) is 7.37. The van der Waals surface area contributed by atoms with Gasteiger partial charge in [-0.15, -0.1) is 0 Å². The predicted octanol–water partition coefficient (Wildman–Crippen LogP) is 3.56. The Morgan fingerprint density at radius 2 is 1.82 bits per heavy atom. The maximum Gasteiger partial charge on any atom is 0.225 e. The summed E-state index contributed by atoms with van der Waals surface area (Å²) in [6.45, 7) is 5.22. The topological polar surface area (TPSA) is 41.1 Å². The number of halogens is 1. The summed E-state index contributed by atoms with van der Waals surface area (Å²) in [5.74, 6) is -0.253. The van der Waals surface area contributed by atoms with Gasteiger partial charge in [0.05, 0.1) is 0 Å². The van der Waals surface area contributed by atoms with Gasteiger partial charge in [0.15, 0.2) is 0 Å². The Morgan fingerprint density at radius 3 is 2.55 bits per heavy atom. The second-order valence-corrected chi connectivity index (χ2v) is 5.35. The Labute approximate surface area is 130 Å². The standard InChI is InChI=1S/C18H21FN2O/c1-13-4-3-5-17(14(13)2)21-18(22)10-11-20-12-15-6-8-16(19)9-7-15/h3-9,20H,10-12H2,1-2H3,(H,21,22). The van der Waals surface area contributed by atoms with Gasteiger partial charge in [-0.1, -0.05) is 24.3 Å². The summed E-state index contributed by atoms with van der Waals surface area (Å²) in [4.78, 5) is 11.9. The lowest BCUT2D eigenvalue weighted by Gasteiger charge is -2.10. The number of hydrogen-bond acceptors (Lipinski definition) is 2. The van der Waals surface area contributed by atoms with E-state index in [2.05, 4.69) is 10.6 Å². The SMILES string of the molecule is Cc1cccc(NC(=O)CCNCc2ccc(F)cc2)c1C. The van der Waals surface area contributed by atoms with E-state index >= 15 is 0 Å². The average Bonchev–Trinajstić information content (AvgIpc) is 2.50. The Balaban J connectivity index is 1.74. The number of carbonyl (C=O) groups excluding carboxylic acids is 1. The molecule has 2 aromatic rings. The summed E-state index contributed by atoms with van der Waals surface area (Å²) < 4.78 is 12.8. The molecule has 2 aromatic carbocycles. The van der Waals surface area contributed by atoms with Crippen LogP contribution in [-0.4, -0.2) is 12.5 Å². The smallest absolute Gasteiger partial charge is 0.225 e. The van der Waals surface area contributed by atoms with Gasteiger partial charge < -0.3 is 10.6 Å². The Hall–Kier alpha value is -2.20. The van der Waals surface area contributed by atoms with Crippen molar-refractivity contribution in [3.05, 3.63) is 65.0 Å². The molecule has 0 aliphatic heterocycles. The van der Waals surface area contributed by atoms with Crippen LogP contribution in [0.4, 0.5) is 10.1 Å². The van der Waals surface area contributed by atoms with Gasteiger partial charge in [-0.3, -0.25) is 4.79 Å². The van der Waals surface area contributed by atoms with E-state index in [1.54, 1.807) is 12.1 Å². The van der Waals surface area contributed by atoms with E-state index < -0.39 is 0 Å². The normalized spacial score (nSPS) is 10.5.